The second kappa shape index (κ2) is 1.53. The standard InChI is InChI=1S/C7H4O4/c1-2-8-7-6(9-3-10-7)5-4(1)11-5/h1-2H,3H2. The van der Waals surface area contributed by atoms with Crippen molar-refractivity contribution < 1.29 is 18.3 Å². The lowest BCUT2D eigenvalue weighted by Crippen LogP contribution is -1.93. The molecule has 0 aromatic heterocycles. The van der Waals surface area contributed by atoms with Gasteiger partial charge in [-0.05, 0) is 0 Å². The van der Waals surface area contributed by atoms with Crippen molar-refractivity contribution >= 4 is 0 Å². The molecule has 0 saturated heterocycles. The Morgan fingerprint density at radius 3 is 3.27 bits per heavy atom. The van der Waals surface area contributed by atoms with Gasteiger partial charge in [-0.15, -0.1) is 0 Å². The number of ether oxygens (including phenoxy) is 2. The summed E-state index contributed by atoms with van der Waals surface area (Å²) < 4.78 is 20.2. The average Bonchev–Trinajstić information content (AvgIpc) is 2.65. The quantitative estimate of drug-likeness (QED) is 0.571. The van der Waals surface area contributed by atoms with Crippen molar-refractivity contribution in [3.05, 3.63) is 23.2 Å². The summed E-state index contributed by atoms with van der Waals surface area (Å²) in [4.78, 5) is 0. The van der Waals surface area contributed by atoms with Gasteiger partial charge in [0.15, 0.2) is 5.42 Å². The van der Waals surface area contributed by atoms with Gasteiger partial charge in [-0.2, -0.15) is 0 Å². The third-order valence-electron chi connectivity index (χ3n) is 1.57. The van der Waals surface area contributed by atoms with Crippen LogP contribution in [0.4, 0.5) is 0 Å². The smallest absolute Gasteiger partial charge is 0.335 e. The van der Waals surface area contributed by atoms with Crippen LogP contribution in [0.5, 0.6) is 11.7 Å². The molecule has 0 aromatic rings. The zero-order chi connectivity index (χ0) is 7.26. The first-order valence-corrected chi connectivity index (χ1v) is 3.21. The highest BCUT2D eigenvalue weighted by atomic mass is 16.7. The highest BCUT2D eigenvalue weighted by Crippen LogP contribution is 2.34. The lowest BCUT2D eigenvalue weighted by atomic mass is 10.5. The fraction of sp³-hybridized carbons (Fsp3) is 0.143. The lowest BCUT2D eigenvalue weighted by Gasteiger charge is -1.84. The van der Waals surface area contributed by atoms with Crippen LogP contribution in [-0.2, 0) is 0 Å². The molecular weight excluding hydrogens is 148 g/mol. The molecule has 0 amide bonds. The van der Waals surface area contributed by atoms with Crippen LogP contribution in [-0.4, -0.2) is 6.79 Å². The summed E-state index contributed by atoms with van der Waals surface area (Å²) in [7, 11) is 0. The molecule has 4 heteroatoms. The van der Waals surface area contributed by atoms with Crippen LogP contribution in [0.1, 0.15) is 0 Å². The topological polar surface area (TPSA) is 44.7 Å². The molecule has 0 bridgehead atoms. The Kier molecular flexibility index (Phi) is 0.711. The second-order valence-corrected chi connectivity index (χ2v) is 2.24. The number of rotatable bonds is 0. The first-order chi connectivity index (χ1) is 5.45. The van der Waals surface area contributed by atoms with Crippen molar-refractivity contribution in [3.8, 4) is 11.7 Å². The third kappa shape index (κ3) is 0.582. The predicted molar refractivity (Wildman–Crippen MR) is 32.4 cm³/mol. The maximum absolute atomic E-state index is 5.10. The zero-order valence-corrected chi connectivity index (χ0v) is 5.49. The fourth-order valence-electron chi connectivity index (χ4n) is 1.02. The van der Waals surface area contributed by atoms with Gasteiger partial charge in [-0.1, -0.05) is 0 Å². The molecule has 4 nitrogen and oxygen atoms in total. The molecule has 0 saturated carbocycles. The number of hydrogen-bond acceptors (Lipinski definition) is 4. The van der Waals surface area contributed by atoms with Crippen molar-refractivity contribution in [2.75, 3.05) is 6.79 Å². The van der Waals surface area contributed by atoms with Crippen LogP contribution < -0.4 is 9.47 Å². The van der Waals surface area contributed by atoms with Gasteiger partial charge in [-0.25, -0.2) is 0 Å². The predicted octanol–water partition coefficient (Wildman–Crippen LogP) is 1.33. The van der Waals surface area contributed by atoms with E-state index in [9.17, 15) is 0 Å². The molecule has 0 N–H and O–H groups in total. The molecule has 0 fully saturated rings. The summed E-state index contributed by atoms with van der Waals surface area (Å²) in [5, 5.41) is 0. The Hall–Kier alpha value is -1.58. The molecule has 3 aliphatic heterocycles. The fourth-order valence-corrected chi connectivity index (χ4v) is 1.02. The van der Waals surface area contributed by atoms with Gasteiger partial charge >= 0.3 is 5.95 Å². The van der Waals surface area contributed by atoms with Crippen LogP contribution in [0.3, 0.4) is 0 Å². The van der Waals surface area contributed by atoms with E-state index in [1.807, 2.05) is 0 Å². The van der Waals surface area contributed by atoms with E-state index in [-0.39, 0.29) is 6.79 Å². The Morgan fingerprint density at radius 1 is 1.27 bits per heavy atom. The summed E-state index contributed by atoms with van der Waals surface area (Å²) in [6, 6.07) is 1.72. The van der Waals surface area contributed by atoms with E-state index in [1.165, 1.54) is 6.26 Å². The minimum atomic E-state index is 0.207. The van der Waals surface area contributed by atoms with E-state index >= 15 is 0 Å². The van der Waals surface area contributed by atoms with Crippen molar-refractivity contribution in [3.63, 3.8) is 0 Å². The van der Waals surface area contributed by atoms with Gasteiger partial charge < -0.3 is 18.3 Å². The van der Waals surface area contributed by atoms with Gasteiger partial charge in [0.1, 0.15) is 0 Å². The Morgan fingerprint density at radius 2 is 2.27 bits per heavy atom. The van der Waals surface area contributed by atoms with Crippen molar-refractivity contribution in [1.82, 2.24) is 0 Å². The molecule has 3 heterocycles. The molecule has 0 atom stereocenters. The maximum atomic E-state index is 5.10. The molecule has 3 aliphatic rings. The van der Waals surface area contributed by atoms with Crippen LogP contribution in [0.25, 0.3) is 0 Å². The van der Waals surface area contributed by atoms with Crippen LogP contribution in [0, 0.1) is 10.8 Å². The summed E-state index contributed by atoms with van der Waals surface area (Å²) in [6.45, 7) is 0.207. The zero-order valence-electron chi connectivity index (χ0n) is 5.49. The Bertz CT molecular complexity index is 438. The number of fused-ring (bicyclic) bond motifs is 2. The van der Waals surface area contributed by atoms with E-state index in [2.05, 4.69) is 0 Å². The van der Waals surface area contributed by atoms with E-state index in [4.69, 9.17) is 18.3 Å². The van der Waals surface area contributed by atoms with E-state index in [1.54, 1.807) is 6.07 Å². The van der Waals surface area contributed by atoms with Gasteiger partial charge in [0.05, 0.1) is 6.26 Å². The lowest BCUT2D eigenvalue weighted by molar-refractivity contribution is 0.152. The van der Waals surface area contributed by atoms with E-state index < -0.39 is 0 Å². The largest absolute Gasteiger partial charge is 0.446 e. The summed E-state index contributed by atoms with van der Waals surface area (Å²) >= 11 is 0. The van der Waals surface area contributed by atoms with E-state index in [0.717, 1.165) is 10.8 Å². The summed E-state index contributed by atoms with van der Waals surface area (Å²) in [5.74, 6) is 0.966. The van der Waals surface area contributed by atoms with Crippen LogP contribution in [0.15, 0.2) is 21.2 Å². The molecule has 0 aromatic carbocycles. The minimum absolute atomic E-state index is 0.207. The van der Waals surface area contributed by atoms with Crippen molar-refractivity contribution in [2.24, 2.45) is 0 Å². The van der Waals surface area contributed by atoms with Crippen molar-refractivity contribution in [1.29, 1.82) is 0 Å². The minimum Gasteiger partial charge on any atom is -0.446 e. The Labute approximate surface area is 61.0 Å². The first kappa shape index (κ1) is 5.12. The normalized spacial score (nSPS) is 14.5. The highest BCUT2D eigenvalue weighted by Gasteiger charge is 2.21. The molecule has 0 spiro atoms. The molecular formula is C7H4O4. The molecule has 0 unspecified atom stereocenters. The molecule has 56 valence electrons. The first-order valence-electron chi connectivity index (χ1n) is 3.21. The molecule has 0 aliphatic carbocycles. The number of hydrogen-bond donors (Lipinski definition) is 0. The third-order valence-corrected chi connectivity index (χ3v) is 1.57. The van der Waals surface area contributed by atoms with E-state index in [0.29, 0.717) is 11.7 Å². The van der Waals surface area contributed by atoms with Crippen molar-refractivity contribution in [2.45, 2.75) is 0 Å². The monoisotopic (exact) mass is 152 g/mol. The van der Waals surface area contributed by atoms with Crippen LogP contribution >= 0.6 is 0 Å². The molecule has 3 rings (SSSR count). The summed E-state index contributed by atoms with van der Waals surface area (Å²) in [5.41, 5.74) is 1.52. The van der Waals surface area contributed by atoms with Gasteiger partial charge in [0.25, 0.3) is 5.75 Å². The van der Waals surface area contributed by atoms with Gasteiger partial charge in [0.2, 0.25) is 12.2 Å². The summed E-state index contributed by atoms with van der Waals surface area (Å²) in [6.07, 6.45) is 1.51. The highest BCUT2D eigenvalue weighted by molar-refractivity contribution is 5.32. The second-order valence-electron chi connectivity index (χ2n) is 2.24. The molecule has 11 heavy (non-hydrogen) atoms. The maximum Gasteiger partial charge on any atom is 0.335 e. The average molecular weight is 152 g/mol. The Balaban J connectivity index is 2.46. The molecule has 0 radical (unpaired) electrons. The SMILES string of the molecule is c1cc2oc=2c2c(o1)OCO2. The van der Waals surface area contributed by atoms with Crippen LogP contribution in [0.2, 0.25) is 0 Å². The van der Waals surface area contributed by atoms with Gasteiger partial charge in [-0.3, -0.25) is 0 Å². The van der Waals surface area contributed by atoms with Gasteiger partial charge in [0, 0.05) is 6.07 Å².